The van der Waals surface area contributed by atoms with Crippen molar-refractivity contribution in [1.29, 1.82) is 0 Å². The second kappa shape index (κ2) is 11.9. The number of ether oxygens (including phenoxy) is 1. The summed E-state index contributed by atoms with van der Waals surface area (Å²) in [6, 6.07) is 10.6. The summed E-state index contributed by atoms with van der Waals surface area (Å²) in [7, 11) is 1.70. The molecule has 0 aliphatic heterocycles. The number of guanidine groups is 1. The van der Waals surface area contributed by atoms with Crippen molar-refractivity contribution in [3.8, 4) is 0 Å². The molecule has 1 aromatic carbocycles. The highest BCUT2D eigenvalue weighted by molar-refractivity contribution is 14.0. The Labute approximate surface area is 167 Å². The van der Waals surface area contributed by atoms with E-state index >= 15 is 0 Å². The van der Waals surface area contributed by atoms with E-state index < -0.39 is 0 Å². The van der Waals surface area contributed by atoms with Gasteiger partial charge in [-0.2, -0.15) is 5.10 Å². The van der Waals surface area contributed by atoms with Gasteiger partial charge in [0.15, 0.2) is 5.96 Å². The van der Waals surface area contributed by atoms with Crippen molar-refractivity contribution in [2.24, 2.45) is 4.99 Å². The SMILES string of the molecule is CCNC(=NCc1cccc(Cn2cccn2)c1)NC(C)COC.I. The molecule has 0 spiro atoms. The van der Waals surface area contributed by atoms with Crippen molar-refractivity contribution in [2.75, 3.05) is 20.3 Å². The van der Waals surface area contributed by atoms with E-state index in [1.807, 2.05) is 16.9 Å². The molecule has 6 nitrogen and oxygen atoms in total. The maximum Gasteiger partial charge on any atom is 0.191 e. The Morgan fingerprint density at radius 2 is 2.12 bits per heavy atom. The zero-order chi connectivity index (χ0) is 17.2. The number of hydrogen-bond donors (Lipinski definition) is 2. The van der Waals surface area contributed by atoms with Gasteiger partial charge >= 0.3 is 0 Å². The smallest absolute Gasteiger partial charge is 0.191 e. The lowest BCUT2D eigenvalue weighted by molar-refractivity contribution is 0.179. The molecule has 0 amide bonds. The molecule has 1 heterocycles. The molecule has 1 atom stereocenters. The molecule has 2 rings (SSSR count). The third kappa shape index (κ3) is 7.87. The predicted octanol–water partition coefficient (Wildman–Crippen LogP) is 2.64. The first-order valence-corrected chi connectivity index (χ1v) is 8.30. The molecule has 0 aliphatic rings. The van der Waals surface area contributed by atoms with Crippen molar-refractivity contribution in [2.45, 2.75) is 33.0 Å². The Kier molecular flexibility index (Phi) is 10.2. The van der Waals surface area contributed by atoms with Crippen LogP contribution in [0.1, 0.15) is 25.0 Å². The second-order valence-corrected chi connectivity index (χ2v) is 5.72. The van der Waals surface area contributed by atoms with Crippen LogP contribution in [0.5, 0.6) is 0 Å². The lowest BCUT2D eigenvalue weighted by Crippen LogP contribution is -2.43. The number of benzene rings is 1. The summed E-state index contributed by atoms with van der Waals surface area (Å²) < 4.78 is 7.07. The van der Waals surface area contributed by atoms with E-state index in [1.165, 1.54) is 11.1 Å². The Bertz CT molecular complexity index is 630. The summed E-state index contributed by atoms with van der Waals surface area (Å²) in [5, 5.41) is 10.8. The van der Waals surface area contributed by atoms with Crippen LogP contribution in [0.2, 0.25) is 0 Å². The van der Waals surface area contributed by atoms with Crippen LogP contribution in [-0.4, -0.2) is 42.0 Å². The normalized spacial score (nSPS) is 12.4. The van der Waals surface area contributed by atoms with Gasteiger partial charge in [0.05, 0.1) is 19.7 Å². The molecule has 0 saturated carbocycles. The van der Waals surface area contributed by atoms with Gasteiger partial charge in [-0.05, 0) is 31.0 Å². The number of rotatable bonds is 8. The van der Waals surface area contributed by atoms with Crippen LogP contribution < -0.4 is 10.6 Å². The van der Waals surface area contributed by atoms with Gasteiger partial charge in [-0.1, -0.05) is 24.3 Å². The third-order valence-corrected chi connectivity index (χ3v) is 3.46. The highest BCUT2D eigenvalue weighted by Gasteiger charge is 2.04. The van der Waals surface area contributed by atoms with Crippen LogP contribution in [0.25, 0.3) is 0 Å². The van der Waals surface area contributed by atoms with Crippen molar-refractivity contribution in [3.63, 3.8) is 0 Å². The summed E-state index contributed by atoms with van der Waals surface area (Å²) in [6.45, 7) is 6.99. The fraction of sp³-hybridized carbons (Fsp3) is 0.444. The van der Waals surface area contributed by atoms with Gasteiger partial charge in [0, 0.05) is 32.1 Å². The number of methoxy groups -OCH3 is 1. The molecule has 0 aliphatic carbocycles. The first kappa shape index (κ1) is 21.4. The van der Waals surface area contributed by atoms with Crippen LogP contribution >= 0.6 is 24.0 Å². The molecule has 2 aromatic rings. The van der Waals surface area contributed by atoms with Gasteiger partial charge in [0.25, 0.3) is 0 Å². The average Bonchev–Trinajstić information content (AvgIpc) is 3.06. The van der Waals surface area contributed by atoms with Crippen molar-refractivity contribution in [1.82, 2.24) is 20.4 Å². The van der Waals surface area contributed by atoms with Crippen LogP contribution in [-0.2, 0) is 17.8 Å². The molecule has 7 heteroatoms. The van der Waals surface area contributed by atoms with E-state index in [0.717, 1.165) is 19.0 Å². The predicted molar refractivity (Wildman–Crippen MR) is 112 cm³/mol. The van der Waals surface area contributed by atoms with E-state index in [1.54, 1.807) is 13.3 Å². The Hall–Kier alpha value is -1.61. The van der Waals surface area contributed by atoms with E-state index in [4.69, 9.17) is 4.74 Å². The minimum Gasteiger partial charge on any atom is -0.383 e. The number of nitrogens with one attached hydrogen (secondary N) is 2. The zero-order valence-electron chi connectivity index (χ0n) is 15.1. The quantitative estimate of drug-likeness (QED) is 0.364. The molecule has 1 unspecified atom stereocenters. The lowest BCUT2D eigenvalue weighted by atomic mass is 10.1. The van der Waals surface area contributed by atoms with Gasteiger partial charge in [-0.25, -0.2) is 4.99 Å². The molecular formula is C18H28IN5O. The maximum atomic E-state index is 5.16. The number of nitrogens with zero attached hydrogens (tertiary/aromatic N) is 3. The van der Waals surface area contributed by atoms with Gasteiger partial charge < -0.3 is 15.4 Å². The standard InChI is InChI=1S/C18H27N5O.HI/c1-4-19-18(22-15(2)14-24-3)20-12-16-7-5-8-17(11-16)13-23-10-6-9-21-23;/h5-11,15H,4,12-14H2,1-3H3,(H2,19,20,22);1H. The van der Waals surface area contributed by atoms with E-state index in [2.05, 4.69) is 58.8 Å². The molecule has 138 valence electrons. The number of halogens is 1. The molecule has 0 saturated heterocycles. The number of hydrogen-bond acceptors (Lipinski definition) is 3. The van der Waals surface area contributed by atoms with Crippen LogP contribution in [0.4, 0.5) is 0 Å². The summed E-state index contributed by atoms with van der Waals surface area (Å²) in [6.07, 6.45) is 3.76. The zero-order valence-corrected chi connectivity index (χ0v) is 17.4. The molecular weight excluding hydrogens is 429 g/mol. The third-order valence-electron chi connectivity index (χ3n) is 3.46. The highest BCUT2D eigenvalue weighted by Crippen LogP contribution is 2.08. The Morgan fingerprint density at radius 1 is 1.32 bits per heavy atom. The second-order valence-electron chi connectivity index (χ2n) is 5.72. The largest absolute Gasteiger partial charge is 0.383 e. The Balaban J connectivity index is 0.00000312. The van der Waals surface area contributed by atoms with Crippen LogP contribution in [0.15, 0.2) is 47.7 Å². The topological polar surface area (TPSA) is 63.5 Å². The van der Waals surface area contributed by atoms with E-state index in [9.17, 15) is 0 Å². The molecule has 1 aromatic heterocycles. The van der Waals surface area contributed by atoms with Gasteiger partial charge in [0.2, 0.25) is 0 Å². The first-order valence-electron chi connectivity index (χ1n) is 8.30. The molecule has 0 radical (unpaired) electrons. The maximum absolute atomic E-state index is 5.16. The average molecular weight is 457 g/mol. The highest BCUT2D eigenvalue weighted by atomic mass is 127. The fourth-order valence-electron chi connectivity index (χ4n) is 2.42. The Morgan fingerprint density at radius 3 is 2.80 bits per heavy atom. The lowest BCUT2D eigenvalue weighted by Gasteiger charge is -2.17. The summed E-state index contributed by atoms with van der Waals surface area (Å²) in [5.41, 5.74) is 2.40. The minimum absolute atomic E-state index is 0. The van der Waals surface area contributed by atoms with Gasteiger partial charge in [-0.3, -0.25) is 4.68 Å². The summed E-state index contributed by atoms with van der Waals surface area (Å²) in [4.78, 5) is 4.66. The van der Waals surface area contributed by atoms with Crippen molar-refractivity contribution in [3.05, 3.63) is 53.9 Å². The first-order chi connectivity index (χ1) is 11.7. The summed E-state index contributed by atoms with van der Waals surface area (Å²) >= 11 is 0. The molecule has 0 bridgehead atoms. The monoisotopic (exact) mass is 457 g/mol. The van der Waals surface area contributed by atoms with Crippen LogP contribution in [0, 0.1) is 0 Å². The molecule has 2 N–H and O–H groups in total. The van der Waals surface area contributed by atoms with E-state index in [-0.39, 0.29) is 30.0 Å². The summed E-state index contributed by atoms with van der Waals surface area (Å²) in [5.74, 6) is 0.805. The molecule has 0 fully saturated rings. The van der Waals surface area contributed by atoms with Gasteiger partial charge in [0.1, 0.15) is 0 Å². The fourth-order valence-corrected chi connectivity index (χ4v) is 2.42. The molecule has 25 heavy (non-hydrogen) atoms. The van der Waals surface area contributed by atoms with Crippen LogP contribution in [0.3, 0.4) is 0 Å². The van der Waals surface area contributed by atoms with Crippen molar-refractivity contribution >= 4 is 29.9 Å². The van der Waals surface area contributed by atoms with E-state index in [0.29, 0.717) is 13.2 Å². The minimum atomic E-state index is 0. The number of aromatic nitrogens is 2. The van der Waals surface area contributed by atoms with Gasteiger partial charge in [-0.15, -0.1) is 24.0 Å². The number of aliphatic imine (C=N–C) groups is 1. The van der Waals surface area contributed by atoms with Crippen molar-refractivity contribution < 1.29 is 4.74 Å².